The Bertz CT molecular complexity index is 1270. The Morgan fingerprint density at radius 2 is 2.06 bits per heavy atom. The molecule has 0 aliphatic rings. The van der Waals surface area contributed by atoms with Crippen LogP contribution < -0.4 is 5.32 Å². The van der Waals surface area contributed by atoms with Crippen LogP contribution in [-0.4, -0.2) is 30.2 Å². The van der Waals surface area contributed by atoms with Gasteiger partial charge in [-0.3, -0.25) is 14.8 Å². The number of thiazole rings is 1. The predicted octanol–water partition coefficient (Wildman–Crippen LogP) is 4.81. The number of carbonyl (C=O) groups is 1. The van der Waals surface area contributed by atoms with Crippen LogP contribution in [0.1, 0.15) is 52.9 Å². The van der Waals surface area contributed by atoms with Crippen LogP contribution in [0.2, 0.25) is 0 Å². The minimum absolute atomic E-state index is 0.277. The summed E-state index contributed by atoms with van der Waals surface area (Å²) in [6.45, 7) is 4.63. The van der Waals surface area contributed by atoms with Gasteiger partial charge in [0, 0.05) is 37.1 Å². The van der Waals surface area contributed by atoms with Crippen molar-refractivity contribution in [3.63, 3.8) is 0 Å². The lowest BCUT2D eigenvalue weighted by Gasteiger charge is -2.09. The highest BCUT2D eigenvalue weighted by Crippen LogP contribution is 2.20. The average Bonchev–Trinajstić information content (AvgIpc) is 3.46. The first-order valence-electron chi connectivity index (χ1n) is 10.1. The molecule has 0 radical (unpaired) electrons. The van der Waals surface area contributed by atoms with Crippen molar-refractivity contribution in [3.05, 3.63) is 82.4 Å². The van der Waals surface area contributed by atoms with Crippen LogP contribution in [0, 0.1) is 5.95 Å². The molecule has 0 unspecified atom stereocenters. The number of anilines is 1. The van der Waals surface area contributed by atoms with Crippen LogP contribution in [-0.2, 0) is 13.6 Å². The lowest BCUT2D eigenvalue weighted by Crippen LogP contribution is -2.17. The second-order valence-electron chi connectivity index (χ2n) is 7.65. The molecule has 0 aliphatic heterocycles. The molecule has 0 atom stereocenters. The maximum Gasteiger partial charge on any atom is 0.274 e. The van der Waals surface area contributed by atoms with E-state index < -0.39 is 5.95 Å². The third kappa shape index (κ3) is 5.00. The van der Waals surface area contributed by atoms with Gasteiger partial charge in [0.2, 0.25) is 5.95 Å². The molecule has 1 N–H and O–H groups in total. The van der Waals surface area contributed by atoms with Crippen molar-refractivity contribution >= 4 is 34.5 Å². The second kappa shape index (κ2) is 9.27. The Kier molecular flexibility index (Phi) is 6.27. The standard InChI is InChI=1S/C23H23FN6OS/c1-15(2)20-12-17(28-29(20)3)6-7-18-14-32-23(26-18)27-22(31)19-5-4-10-30(19)13-16-8-9-25-21(24)11-16/h4-12,14-15H,13H2,1-3H3,(H,26,27,31)/b7-6+. The van der Waals surface area contributed by atoms with E-state index in [0.717, 1.165) is 22.6 Å². The molecule has 0 saturated carbocycles. The minimum Gasteiger partial charge on any atom is -0.339 e. The Morgan fingerprint density at radius 1 is 1.25 bits per heavy atom. The summed E-state index contributed by atoms with van der Waals surface area (Å²) in [6, 6.07) is 8.62. The third-order valence-electron chi connectivity index (χ3n) is 4.90. The fourth-order valence-corrected chi connectivity index (χ4v) is 4.05. The van der Waals surface area contributed by atoms with Crippen LogP contribution in [0.4, 0.5) is 9.52 Å². The predicted molar refractivity (Wildman–Crippen MR) is 124 cm³/mol. The molecule has 4 aromatic heterocycles. The molecule has 0 saturated heterocycles. The van der Waals surface area contributed by atoms with E-state index in [2.05, 4.69) is 40.3 Å². The first-order chi connectivity index (χ1) is 15.4. The third-order valence-corrected chi connectivity index (χ3v) is 5.68. The Hall–Kier alpha value is -3.59. The van der Waals surface area contributed by atoms with Gasteiger partial charge in [-0.1, -0.05) is 13.8 Å². The van der Waals surface area contributed by atoms with Gasteiger partial charge in [-0.2, -0.15) is 9.49 Å². The fraction of sp³-hybridized carbons (Fsp3) is 0.217. The molecule has 164 valence electrons. The number of amides is 1. The van der Waals surface area contributed by atoms with Crippen molar-refractivity contribution in [3.8, 4) is 0 Å². The maximum atomic E-state index is 13.4. The zero-order chi connectivity index (χ0) is 22.7. The topological polar surface area (TPSA) is 77.6 Å². The van der Waals surface area contributed by atoms with Gasteiger partial charge in [0.25, 0.3) is 5.91 Å². The van der Waals surface area contributed by atoms with Crippen molar-refractivity contribution in [1.82, 2.24) is 24.3 Å². The summed E-state index contributed by atoms with van der Waals surface area (Å²) in [5.74, 6) is -0.428. The van der Waals surface area contributed by atoms with Gasteiger partial charge in [-0.25, -0.2) is 9.97 Å². The highest BCUT2D eigenvalue weighted by Gasteiger charge is 2.13. The Labute approximate surface area is 189 Å². The van der Waals surface area contributed by atoms with Crippen molar-refractivity contribution in [1.29, 1.82) is 0 Å². The largest absolute Gasteiger partial charge is 0.339 e. The van der Waals surface area contributed by atoms with Crippen LogP contribution >= 0.6 is 11.3 Å². The molecule has 0 fully saturated rings. The van der Waals surface area contributed by atoms with Gasteiger partial charge in [0.1, 0.15) is 5.69 Å². The fourth-order valence-electron chi connectivity index (χ4n) is 3.37. The number of aryl methyl sites for hydroxylation is 1. The second-order valence-corrected chi connectivity index (χ2v) is 8.50. The molecule has 0 bridgehead atoms. The zero-order valence-corrected chi connectivity index (χ0v) is 18.8. The minimum atomic E-state index is -0.546. The molecule has 32 heavy (non-hydrogen) atoms. The molecule has 4 heterocycles. The maximum absolute atomic E-state index is 13.4. The summed E-state index contributed by atoms with van der Waals surface area (Å²) in [4.78, 5) is 20.8. The molecule has 4 rings (SSSR count). The van der Waals surface area contributed by atoms with E-state index >= 15 is 0 Å². The monoisotopic (exact) mass is 450 g/mol. The number of carbonyl (C=O) groups excluding carboxylic acids is 1. The van der Waals surface area contributed by atoms with Crippen LogP contribution in [0.3, 0.4) is 0 Å². The first-order valence-corrected chi connectivity index (χ1v) is 11.0. The quantitative estimate of drug-likeness (QED) is 0.410. The highest BCUT2D eigenvalue weighted by molar-refractivity contribution is 7.14. The molecule has 7 nitrogen and oxygen atoms in total. The summed E-state index contributed by atoms with van der Waals surface area (Å²) in [7, 11) is 1.93. The summed E-state index contributed by atoms with van der Waals surface area (Å²) in [5, 5.41) is 9.70. The first kappa shape index (κ1) is 21.6. The number of hydrogen-bond acceptors (Lipinski definition) is 5. The highest BCUT2D eigenvalue weighted by atomic mass is 32.1. The van der Waals surface area contributed by atoms with E-state index in [4.69, 9.17) is 0 Å². The van der Waals surface area contributed by atoms with Crippen molar-refractivity contribution in [2.75, 3.05) is 5.32 Å². The van der Waals surface area contributed by atoms with Gasteiger partial charge >= 0.3 is 0 Å². The number of aromatic nitrogens is 5. The summed E-state index contributed by atoms with van der Waals surface area (Å²) >= 11 is 1.35. The molecule has 4 aromatic rings. The molecule has 1 amide bonds. The summed E-state index contributed by atoms with van der Waals surface area (Å²) in [6.07, 6.45) is 6.97. The van der Waals surface area contributed by atoms with E-state index in [1.165, 1.54) is 23.6 Å². The number of hydrogen-bond donors (Lipinski definition) is 1. The Morgan fingerprint density at radius 3 is 2.81 bits per heavy atom. The lowest BCUT2D eigenvalue weighted by molar-refractivity contribution is 0.101. The van der Waals surface area contributed by atoms with E-state index in [1.807, 2.05) is 29.3 Å². The van der Waals surface area contributed by atoms with Crippen LogP contribution in [0.15, 0.2) is 48.1 Å². The number of nitrogens with one attached hydrogen (secondary N) is 1. The normalized spacial score (nSPS) is 11.5. The SMILES string of the molecule is CC(C)c1cc(/C=C/c2csc(NC(=O)c3cccn3Cc3ccnc(F)c3)n2)nn1C. The molecule has 0 spiro atoms. The van der Waals surface area contributed by atoms with Crippen LogP contribution in [0.25, 0.3) is 12.2 Å². The van der Waals surface area contributed by atoms with Gasteiger partial charge in [0.15, 0.2) is 5.13 Å². The van der Waals surface area contributed by atoms with Crippen molar-refractivity contribution < 1.29 is 9.18 Å². The lowest BCUT2D eigenvalue weighted by atomic mass is 10.1. The number of pyridine rings is 1. The van der Waals surface area contributed by atoms with E-state index in [-0.39, 0.29) is 5.91 Å². The average molecular weight is 451 g/mol. The van der Waals surface area contributed by atoms with E-state index in [0.29, 0.717) is 23.3 Å². The van der Waals surface area contributed by atoms with Gasteiger partial charge in [-0.15, -0.1) is 11.3 Å². The smallest absolute Gasteiger partial charge is 0.274 e. The molecule has 9 heteroatoms. The molecule has 0 aliphatic carbocycles. The number of nitrogens with zero attached hydrogens (tertiary/aromatic N) is 5. The van der Waals surface area contributed by atoms with Crippen molar-refractivity contribution in [2.24, 2.45) is 7.05 Å². The van der Waals surface area contributed by atoms with Gasteiger partial charge in [0.05, 0.1) is 11.4 Å². The zero-order valence-electron chi connectivity index (χ0n) is 18.0. The number of halogens is 1. The van der Waals surface area contributed by atoms with Gasteiger partial charge in [-0.05, 0) is 54.0 Å². The van der Waals surface area contributed by atoms with Gasteiger partial charge < -0.3 is 4.57 Å². The van der Waals surface area contributed by atoms with E-state index in [9.17, 15) is 9.18 Å². The number of rotatable bonds is 7. The summed E-state index contributed by atoms with van der Waals surface area (Å²) < 4.78 is 17.0. The molecular formula is C23H23FN6OS. The Balaban J connectivity index is 1.42. The van der Waals surface area contributed by atoms with Crippen molar-refractivity contribution in [2.45, 2.75) is 26.3 Å². The van der Waals surface area contributed by atoms with E-state index in [1.54, 1.807) is 29.0 Å². The molecule has 0 aromatic carbocycles. The van der Waals surface area contributed by atoms with Crippen LogP contribution in [0.5, 0.6) is 0 Å². The summed E-state index contributed by atoms with van der Waals surface area (Å²) in [5.41, 5.74) is 3.95. The molecular weight excluding hydrogens is 427 g/mol.